The van der Waals surface area contributed by atoms with E-state index >= 15 is 0 Å². The highest BCUT2D eigenvalue weighted by atomic mass is 16.1. The van der Waals surface area contributed by atoms with Crippen molar-refractivity contribution in [1.82, 2.24) is 14.5 Å². The number of nitrogens with zero attached hydrogens (tertiary/aromatic N) is 2. The maximum Gasteiger partial charge on any atom is 0.327 e. The third kappa shape index (κ3) is 2.63. The van der Waals surface area contributed by atoms with Gasteiger partial charge in [0.05, 0.1) is 5.52 Å². The molecule has 0 aliphatic heterocycles. The molecule has 2 heterocycles. The van der Waals surface area contributed by atoms with Gasteiger partial charge in [0, 0.05) is 30.5 Å². The van der Waals surface area contributed by atoms with Crippen molar-refractivity contribution in [3.05, 3.63) is 46.5 Å². The SMILES string of the molecule is CCC(C)n1c(=O)[nH]c2cc(-c3cc(NC)ccc3C)cnc21. The maximum absolute atomic E-state index is 12.2. The zero-order valence-corrected chi connectivity index (χ0v) is 14.0. The third-order valence-corrected chi connectivity index (χ3v) is 4.42. The number of nitrogens with one attached hydrogen (secondary N) is 2. The van der Waals surface area contributed by atoms with Crippen LogP contribution in [0.3, 0.4) is 0 Å². The van der Waals surface area contributed by atoms with Crippen molar-refractivity contribution in [1.29, 1.82) is 0 Å². The van der Waals surface area contributed by atoms with Gasteiger partial charge in [-0.05, 0) is 49.6 Å². The van der Waals surface area contributed by atoms with Crippen LogP contribution in [0.1, 0.15) is 31.9 Å². The van der Waals surface area contributed by atoms with Gasteiger partial charge in [0.1, 0.15) is 0 Å². The second-order valence-corrected chi connectivity index (χ2v) is 5.93. The summed E-state index contributed by atoms with van der Waals surface area (Å²) < 4.78 is 1.73. The van der Waals surface area contributed by atoms with E-state index in [4.69, 9.17) is 0 Å². The van der Waals surface area contributed by atoms with Gasteiger partial charge in [0.25, 0.3) is 0 Å². The Balaban J connectivity index is 2.17. The van der Waals surface area contributed by atoms with Gasteiger partial charge in [-0.2, -0.15) is 0 Å². The summed E-state index contributed by atoms with van der Waals surface area (Å²) in [5.41, 5.74) is 5.75. The largest absolute Gasteiger partial charge is 0.388 e. The molecule has 0 bridgehead atoms. The number of rotatable bonds is 4. The van der Waals surface area contributed by atoms with E-state index in [1.807, 2.05) is 32.3 Å². The monoisotopic (exact) mass is 310 g/mol. The Labute approximate surface area is 135 Å². The Bertz CT molecular complexity index is 907. The van der Waals surface area contributed by atoms with Crippen LogP contribution in [0.15, 0.2) is 35.3 Å². The van der Waals surface area contributed by atoms with E-state index in [1.165, 1.54) is 5.56 Å². The number of H-pyrrole nitrogens is 1. The maximum atomic E-state index is 12.2. The Hall–Kier alpha value is -2.56. The fraction of sp³-hybridized carbons (Fsp3) is 0.333. The Morgan fingerprint density at radius 3 is 2.83 bits per heavy atom. The first-order valence-corrected chi connectivity index (χ1v) is 7.94. The van der Waals surface area contributed by atoms with E-state index in [2.05, 4.69) is 41.3 Å². The number of aromatic nitrogens is 3. The number of aromatic amines is 1. The van der Waals surface area contributed by atoms with Crippen LogP contribution >= 0.6 is 0 Å². The minimum absolute atomic E-state index is 0.0975. The fourth-order valence-electron chi connectivity index (χ4n) is 2.84. The van der Waals surface area contributed by atoms with Gasteiger partial charge < -0.3 is 10.3 Å². The van der Waals surface area contributed by atoms with Gasteiger partial charge >= 0.3 is 5.69 Å². The molecule has 0 amide bonds. The molecule has 0 aliphatic rings. The zero-order chi connectivity index (χ0) is 16.6. The molecule has 1 unspecified atom stereocenters. The molecule has 0 aliphatic carbocycles. The van der Waals surface area contributed by atoms with Crippen molar-refractivity contribution >= 4 is 16.9 Å². The first-order valence-electron chi connectivity index (χ1n) is 7.94. The number of hydrogen-bond donors (Lipinski definition) is 2. The lowest BCUT2D eigenvalue weighted by molar-refractivity contribution is 0.526. The van der Waals surface area contributed by atoms with E-state index in [1.54, 1.807) is 4.57 Å². The highest BCUT2D eigenvalue weighted by Crippen LogP contribution is 2.28. The van der Waals surface area contributed by atoms with Crippen molar-refractivity contribution in [2.24, 2.45) is 0 Å². The van der Waals surface area contributed by atoms with Crippen molar-refractivity contribution in [3.8, 4) is 11.1 Å². The number of pyridine rings is 1. The van der Waals surface area contributed by atoms with Gasteiger partial charge in [-0.1, -0.05) is 13.0 Å². The third-order valence-electron chi connectivity index (χ3n) is 4.42. The molecule has 0 spiro atoms. The molecule has 5 nitrogen and oxygen atoms in total. The van der Waals surface area contributed by atoms with E-state index in [0.29, 0.717) is 0 Å². The molecule has 1 atom stereocenters. The van der Waals surface area contributed by atoms with Gasteiger partial charge in [-0.3, -0.25) is 4.57 Å². The van der Waals surface area contributed by atoms with Crippen LogP contribution in [-0.4, -0.2) is 21.6 Å². The first-order chi connectivity index (χ1) is 11.0. The molecular formula is C18H22N4O. The molecule has 120 valence electrons. The number of fused-ring (bicyclic) bond motifs is 1. The Morgan fingerprint density at radius 1 is 1.35 bits per heavy atom. The van der Waals surface area contributed by atoms with Crippen molar-refractivity contribution in [3.63, 3.8) is 0 Å². The predicted molar refractivity (Wildman–Crippen MR) is 95.1 cm³/mol. The topological polar surface area (TPSA) is 62.7 Å². The average Bonchev–Trinajstić information content (AvgIpc) is 2.89. The minimum Gasteiger partial charge on any atom is -0.388 e. The molecule has 2 N–H and O–H groups in total. The number of anilines is 1. The standard InChI is InChI=1S/C18H22N4O/c1-5-12(3)22-17-16(21-18(22)23)8-13(10-20-17)15-9-14(19-4)7-6-11(15)2/h6-10,12,19H,5H2,1-4H3,(H,21,23). The molecule has 0 radical (unpaired) electrons. The Morgan fingerprint density at radius 2 is 2.13 bits per heavy atom. The minimum atomic E-state index is -0.0975. The van der Waals surface area contributed by atoms with Gasteiger partial charge in [0.2, 0.25) is 0 Å². The van der Waals surface area contributed by atoms with Crippen LogP contribution in [-0.2, 0) is 0 Å². The Kier molecular flexibility index (Phi) is 3.94. The van der Waals surface area contributed by atoms with Crippen LogP contribution in [0.5, 0.6) is 0 Å². The highest BCUT2D eigenvalue weighted by Gasteiger charge is 2.14. The predicted octanol–water partition coefficient (Wildman–Crippen LogP) is 3.71. The van der Waals surface area contributed by atoms with Gasteiger partial charge in [-0.25, -0.2) is 9.78 Å². The molecule has 1 aromatic carbocycles. The lowest BCUT2D eigenvalue weighted by atomic mass is 10.0. The summed E-state index contributed by atoms with van der Waals surface area (Å²) in [6, 6.07) is 8.36. The number of imidazole rings is 1. The van der Waals surface area contributed by atoms with Crippen molar-refractivity contribution in [2.45, 2.75) is 33.2 Å². The normalized spacial score (nSPS) is 12.5. The summed E-state index contributed by atoms with van der Waals surface area (Å²) in [6.07, 6.45) is 2.73. The molecule has 23 heavy (non-hydrogen) atoms. The molecule has 3 rings (SSSR count). The summed E-state index contributed by atoms with van der Waals surface area (Å²) in [6.45, 7) is 6.17. The summed E-state index contributed by atoms with van der Waals surface area (Å²) >= 11 is 0. The van der Waals surface area contributed by atoms with E-state index < -0.39 is 0 Å². The van der Waals surface area contributed by atoms with Crippen molar-refractivity contribution < 1.29 is 0 Å². The lowest BCUT2D eigenvalue weighted by Crippen LogP contribution is -2.20. The second-order valence-electron chi connectivity index (χ2n) is 5.93. The van der Waals surface area contributed by atoms with Crippen LogP contribution in [0.4, 0.5) is 5.69 Å². The number of hydrogen-bond acceptors (Lipinski definition) is 3. The smallest absolute Gasteiger partial charge is 0.327 e. The lowest BCUT2D eigenvalue weighted by Gasteiger charge is -2.11. The summed E-state index contributed by atoms with van der Waals surface area (Å²) in [7, 11) is 1.90. The second kappa shape index (κ2) is 5.91. The fourth-order valence-corrected chi connectivity index (χ4v) is 2.84. The van der Waals surface area contributed by atoms with Crippen LogP contribution in [0.2, 0.25) is 0 Å². The quantitative estimate of drug-likeness (QED) is 0.772. The summed E-state index contributed by atoms with van der Waals surface area (Å²) in [4.78, 5) is 19.7. The van der Waals surface area contributed by atoms with Crippen LogP contribution < -0.4 is 11.0 Å². The van der Waals surface area contributed by atoms with Gasteiger partial charge in [0.15, 0.2) is 5.65 Å². The molecule has 0 saturated heterocycles. The van der Waals surface area contributed by atoms with Crippen LogP contribution in [0.25, 0.3) is 22.3 Å². The zero-order valence-electron chi connectivity index (χ0n) is 14.0. The highest BCUT2D eigenvalue weighted by molar-refractivity contribution is 5.80. The molecule has 3 aromatic rings. The average molecular weight is 310 g/mol. The molecule has 2 aromatic heterocycles. The summed E-state index contributed by atoms with van der Waals surface area (Å²) in [5.74, 6) is 0. The van der Waals surface area contributed by atoms with Crippen molar-refractivity contribution in [2.75, 3.05) is 12.4 Å². The molecule has 0 fully saturated rings. The number of benzene rings is 1. The van der Waals surface area contributed by atoms with Crippen LogP contribution in [0, 0.1) is 6.92 Å². The van der Waals surface area contributed by atoms with E-state index in [-0.39, 0.29) is 11.7 Å². The molecule has 0 saturated carbocycles. The number of aryl methyl sites for hydroxylation is 1. The summed E-state index contributed by atoms with van der Waals surface area (Å²) in [5, 5.41) is 3.15. The molecular weight excluding hydrogens is 288 g/mol. The molecule has 5 heteroatoms. The van der Waals surface area contributed by atoms with E-state index in [9.17, 15) is 4.79 Å². The van der Waals surface area contributed by atoms with E-state index in [0.717, 1.165) is 34.4 Å². The van der Waals surface area contributed by atoms with Gasteiger partial charge in [-0.15, -0.1) is 0 Å². The first kappa shape index (κ1) is 15.3.